The van der Waals surface area contributed by atoms with Gasteiger partial charge in [-0.3, -0.25) is 9.59 Å². The number of anilines is 1. The van der Waals surface area contributed by atoms with Crippen LogP contribution >= 0.6 is 23.2 Å². The molecule has 1 aromatic carbocycles. The number of nitrogens with one attached hydrogen (secondary N) is 1. The largest absolute Gasteiger partial charge is 0.318 e. The van der Waals surface area contributed by atoms with Crippen LogP contribution in [-0.2, 0) is 9.59 Å². The Hall–Kier alpha value is -1.06. The number of hydrogen-bond acceptors (Lipinski definition) is 2. The monoisotopic (exact) mass is 231 g/mol. The standard InChI is InChI=1S/C9H7Cl2NO2/c1-5(13)9(14)12-7-4-2-3-6(10)8(7)11/h2-4H,1H3,(H,12,14). The fraction of sp³-hybridized carbons (Fsp3) is 0.111. The van der Waals surface area contributed by atoms with E-state index in [4.69, 9.17) is 23.2 Å². The summed E-state index contributed by atoms with van der Waals surface area (Å²) in [6.07, 6.45) is 0. The van der Waals surface area contributed by atoms with Crippen molar-refractivity contribution in [2.75, 3.05) is 5.32 Å². The lowest BCUT2D eigenvalue weighted by Gasteiger charge is -2.05. The number of halogens is 2. The van der Waals surface area contributed by atoms with E-state index in [1.54, 1.807) is 18.2 Å². The fourth-order valence-electron chi connectivity index (χ4n) is 0.811. The molecule has 0 aromatic heterocycles. The molecule has 0 fully saturated rings. The third-order valence-corrected chi connectivity index (χ3v) is 2.34. The summed E-state index contributed by atoms with van der Waals surface area (Å²) in [6.45, 7) is 1.17. The van der Waals surface area contributed by atoms with Gasteiger partial charge in [-0.15, -0.1) is 0 Å². The number of benzene rings is 1. The number of carbonyl (C=O) groups excluding carboxylic acids is 2. The molecule has 0 bridgehead atoms. The van der Waals surface area contributed by atoms with E-state index >= 15 is 0 Å². The first-order chi connectivity index (χ1) is 6.52. The Labute approximate surface area is 91.0 Å². The van der Waals surface area contributed by atoms with E-state index in [1.165, 1.54) is 6.92 Å². The molecule has 0 spiro atoms. The van der Waals surface area contributed by atoms with Gasteiger partial charge >= 0.3 is 0 Å². The van der Waals surface area contributed by atoms with Gasteiger partial charge in [0.2, 0.25) is 5.78 Å². The quantitative estimate of drug-likeness (QED) is 0.796. The summed E-state index contributed by atoms with van der Waals surface area (Å²) < 4.78 is 0. The van der Waals surface area contributed by atoms with Gasteiger partial charge < -0.3 is 5.32 Å². The van der Waals surface area contributed by atoms with E-state index < -0.39 is 11.7 Å². The van der Waals surface area contributed by atoms with Crippen molar-refractivity contribution in [2.45, 2.75) is 6.92 Å². The van der Waals surface area contributed by atoms with Crippen molar-refractivity contribution in [1.82, 2.24) is 0 Å². The van der Waals surface area contributed by atoms with Crippen LogP contribution in [0.5, 0.6) is 0 Å². The summed E-state index contributed by atoms with van der Waals surface area (Å²) in [6, 6.07) is 4.78. The minimum absolute atomic E-state index is 0.226. The molecule has 1 aromatic rings. The summed E-state index contributed by atoms with van der Waals surface area (Å²) in [4.78, 5) is 21.7. The summed E-state index contributed by atoms with van der Waals surface area (Å²) in [7, 11) is 0. The molecule has 0 heterocycles. The highest BCUT2D eigenvalue weighted by molar-refractivity contribution is 6.45. The van der Waals surface area contributed by atoms with Gasteiger partial charge in [0.15, 0.2) is 0 Å². The topological polar surface area (TPSA) is 46.2 Å². The molecule has 3 nitrogen and oxygen atoms in total. The lowest BCUT2D eigenvalue weighted by atomic mass is 10.3. The second-order valence-electron chi connectivity index (χ2n) is 2.61. The molecule has 0 aliphatic heterocycles. The van der Waals surface area contributed by atoms with E-state index in [0.29, 0.717) is 10.7 Å². The Kier molecular flexibility index (Phi) is 3.49. The Bertz CT molecular complexity index is 390. The third-order valence-electron chi connectivity index (χ3n) is 1.52. The summed E-state index contributed by atoms with van der Waals surface area (Å²) in [5.41, 5.74) is 0.333. The van der Waals surface area contributed by atoms with Crippen LogP contribution in [0.1, 0.15) is 6.92 Å². The molecular formula is C9H7Cl2NO2. The van der Waals surface area contributed by atoms with Crippen LogP contribution in [0, 0.1) is 0 Å². The van der Waals surface area contributed by atoms with Crippen molar-refractivity contribution in [3.8, 4) is 0 Å². The predicted octanol–water partition coefficient (Wildman–Crippen LogP) is 2.52. The second-order valence-corrected chi connectivity index (χ2v) is 3.40. The molecule has 0 radical (unpaired) electrons. The summed E-state index contributed by atoms with van der Waals surface area (Å²) >= 11 is 11.5. The molecule has 0 unspecified atom stereocenters. The fourth-order valence-corrected chi connectivity index (χ4v) is 1.16. The Balaban J connectivity index is 2.93. The molecule has 0 aliphatic rings. The lowest BCUT2D eigenvalue weighted by molar-refractivity contribution is -0.133. The second kappa shape index (κ2) is 4.44. The van der Waals surface area contributed by atoms with E-state index in [9.17, 15) is 9.59 Å². The number of rotatable bonds is 2. The molecule has 0 aliphatic carbocycles. The van der Waals surface area contributed by atoms with E-state index in [-0.39, 0.29) is 5.02 Å². The molecule has 1 N–H and O–H groups in total. The normalized spacial score (nSPS) is 9.64. The van der Waals surface area contributed by atoms with Crippen LogP contribution in [0.2, 0.25) is 10.0 Å². The van der Waals surface area contributed by atoms with Crippen LogP contribution in [0.4, 0.5) is 5.69 Å². The van der Waals surface area contributed by atoms with Crippen LogP contribution in [0.15, 0.2) is 18.2 Å². The van der Waals surface area contributed by atoms with Crippen LogP contribution in [-0.4, -0.2) is 11.7 Å². The lowest BCUT2D eigenvalue weighted by Crippen LogP contribution is -2.19. The highest BCUT2D eigenvalue weighted by atomic mass is 35.5. The first-order valence-electron chi connectivity index (χ1n) is 3.78. The van der Waals surface area contributed by atoms with Gasteiger partial charge in [0.25, 0.3) is 5.91 Å². The highest BCUT2D eigenvalue weighted by Crippen LogP contribution is 2.29. The smallest absolute Gasteiger partial charge is 0.291 e. The summed E-state index contributed by atoms with van der Waals surface area (Å²) in [5.74, 6) is -1.30. The first kappa shape index (κ1) is 11.0. The third kappa shape index (κ3) is 2.47. The number of amides is 1. The number of carbonyl (C=O) groups is 2. The van der Waals surface area contributed by atoms with Gasteiger partial charge in [0.1, 0.15) is 0 Å². The number of hydrogen-bond donors (Lipinski definition) is 1. The number of ketones is 1. The molecule has 0 saturated carbocycles. The molecule has 5 heteroatoms. The maximum atomic E-state index is 11.0. The maximum absolute atomic E-state index is 11.0. The Morgan fingerprint density at radius 1 is 1.29 bits per heavy atom. The van der Waals surface area contributed by atoms with Gasteiger partial charge in [-0.1, -0.05) is 29.3 Å². The molecule has 14 heavy (non-hydrogen) atoms. The van der Waals surface area contributed by atoms with Crippen LogP contribution < -0.4 is 5.32 Å². The zero-order chi connectivity index (χ0) is 10.7. The van der Waals surface area contributed by atoms with Gasteiger partial charge in [0.05, 0.1) is 15.7 Å². The van der Waals surface area contributed by atoms with Crippen molar-refractivity contribution < 1.29 is 9.59 Å². The zero-order valence-electron chi connectivity index (χ0n) is 7.30. The average molecular weight is 232 g/mol. The van der Waals surface area contributed by atoms with Gasteiger partial charge in [-0.05, 0) is 12.1 Å². The highest BCUT2D eigenvalue weighted by Gasteiger charge is 2.10. The van der Waals surface area contributed by atoms with Crippen molar-refractivity contribution in [3.05, 3.63) is 28.2 Å². The van der Waals surface area contributed by atoms with Gasteiger partial charge in [0, 0.05) is 6.92 Å². The van der Waals surface area contributed by atoms with Gasteiger partial charge in [-0.2, -0.15) is 0 Å². The molecule has 74 valence electrons. The SMILES string of the molecule is CC(=O)C(=O)Nc1cccc(Cl)c1Cl. The van der Waals surface area contributed by atoms with E-state index in [2.05, 4.69) is 5.32 Å². The van der Waals surface area contributed by atoms with Crippen molar-refractivity contribution in [2.24, 2.45) is 0 Å². The molecular weight excluding hydrogens is 225 g/mol. The average Bonchev–Trinajstić information content (AvgIpc) is 2.12. The maximum Gasteiger partial charge on any atom is 0.291 e. The predicted molar refractivity (Wildman–Crippen MR) is 55.8 cm³/mol. The van der Waals surface area contributed by atoms with Crippen LogP contribution in [0.25, 0.3) is 0 Å². The van der Waals surface area contributed by atoms with E-state index in [0.717, 1.165) is 0 Å². The first-order valence-corrected chi connectivity index (χ1v) is 4.54. The molecule has 0 saturated heterocycles. The van der Waals surface area contributed by atoms with Gasteiger partial charge in [-0.25, -0.2) is 0 Å². The zero-order valence-corrected chi connectivity index (χ0v) is 8.82. The molecule has 1 amide bonds. The van der Waals surface area contributed by atoms with Crippen LogP contribution in [0.3, 0.4) is 0 Å². The summed E-state index contributed by atoms with van der Waals surface area (Å²) in [5, 5.41) is 2.90. The minimum atomic E-state index is -0.714. The van der Waals surface area contributed by atoms with E-state index in [1.807, 2.05) is 0 Å². The Morgan fingerprint density at radius 2 is 1.93 bits per heavy atom. The van der Waals surface area contributed by atoms with Crippen molar-refractivity contribution in [3.63, 3.8) is 0 Å². The van der Waals surface area contributed by atoms with Crippen molar-refractivity contribution in [1.29, 1.82) is 0 Å². The molecule has 0 atom stereocenters. The molecule has 1 rings (SSSR count). The van der Waals surface area contributed by atoms with Crippen molar-refractivity contribution >= 4 is 40.6 Å². The minimum Gasteiger partial charge on any atom is -0.318 e. The Morgan fingerprint density at radius 3 is 2.50 bits per heavy atom. The number of Topliss-reactive ketones (excluding diaryl/α,β-unsaturated/α-hetero) is 1.